The van der Waals surface area contributed by atoms with Crippen molar-refractivity contribution < 1.29 is 4.74 Å². The first-order valence-corrected chi connectivity index (χ1v) is 6.31. The zero-order chi connectivity index (χ0) is 13.8. The number of nitrogens with zero attached hydrogens (tertiary/aromatic N) is 3. The fraction of sp³-hybridized carbons (Fsp3) is 0.357. The summed E-state index contributed by atoms with van der Waals surface area (Å²) in [6.45, 7) is 6.25. The molecule has 0 aromatic carbocycles. The average molecular weight is 258 g/mol. The van der Waals surface area contributed by atoms with Crippen molar-refractivity contribution in [3.8, 4) is 11.8 Å². The minimum Gasteiger partial charge on any atom is -0.422 e. The maximum absolute atomic E-state index is 5.74. The van der Waals surface area contributed by atoms with E-state index < -0.39 is 0 Å². The summed E-state index contributed by atoms with van der Waals surface area (Å²) in [6, 6.07) is 5.98. The molecule has 2 N–H and O–H groups in total. The fourth-order valence-corrected chi connectivity index (χ4v) is 1.80. The Morgan fingerprint density at radius 2 is 1.89 bits per heavy atom. The predicted molar refractivity (Wildman–Crippen MR) is 73.1 cm³/mol. The first kappa shape index (κ1) is 13.4. The molecular formula is C14H18N4O. The highest BCUT2D eigenvalue weighted by Gasteiger charge is 2.08. The van der Waals surface area contributed by atoms with Crippen LogP contribution in [0.2, 0.25) is 0 Å². The van der Waals surface area contributed by atoms with E-state index in [0.29, 0.717) is 18.3 Å². The predicted octanol–water partition coefficient (Wildman–Crippen LogP) is 2.30. The molecule has 0 bridgehead atoms. The molecule has 0 radical (unpaired) electrons. The minimum absolute atomic E-state index is 0.320. The highest BCUT2D eigenvalue weighted by molar-refractivity contribution is 5.31. The minimum atomic E-state index is 0.320. The van der Waals surface area contributed by atoms with Gasteiger partial charge in [0.2, 0.25) is 0 Å². The lowest BCUT2D eigenvalue weighted by molar-refractivity contribution is 0.430. The van der Waals surface area contributed by atoms with Crippen molar-refractivity contribution in [2.75, 3.05) is 0 Å². The van der Waals surface area contributed by atoms with Crippen LogP contribution in [-0.2, 0) is 13.0 Å². The summed E-state index contributed by atoms with van der Waals surface area (Å²) in [4.78, 5) is 13.0. The van der Waals surface area contributed by atoms with Crippen molar-refractivity contribution in [1.29, 1.82) is 0 Å². The Bertz CT molecular complexity index is 584. The Morgan fingerprint density at radius 1 is 1.11 bits per heavy atom. The van der Waals surface area contributed by atoms with Crippen molar-refractivity contribution in [3.05, 3.63) is 41.0 Å². The van der Waals surface area contributed by atoms with Gasteiger partial charge in [-0.1, -0.05) is 6.92 Å². The van der Waals surface area contributed by atoms with Crippen molar-refractivity contribution >= 4 is 0 Å². The smallest absolute Gasteiger partial charge is 0.322 e. The molecule has 0 amide bonds. The summed E-state index contributed by atoms with van der Waals surface area (Å²) in [5.41, 5.74) is 9.07. The third-order valence-corrected chi connectivity index (χ3v) is 2.70. The van der Waals surface area contributed by atoms with Crippen LogP contribution in [0.1, 0.15) is 29.7 Å². The summed E-state index contributed by atoms with van der Waals surface area (Å²) in [6.07, 6.45) is 0.798. The van der Waals surface area contributed by atoms with Crippen molar-refractivity contribution in [3.63, 3.8) is 0 Å². The van der Waals surface area contributed by atoms with Crippen molar-refractivity contribution in [2.45, 2.75) is 33.7 Å². The van der Waals surface area contributed by atoms with E-state index in [2.05, 4.69) is 15.0 Å². The second kappa shape index (κ2) is 5.75. The van der Waals surface area contributed by atoms with Gasteiger partial charge in [-0.3, -0.25) is 4.98 Å². The average Bonchev–Trinajstić information content (AvgIpc) is 2.40. The first-order chi connectivity index (χ1) is 9.12. The molecule has 0 aliphatic carbocycles. The van der Waals surface area contributed by atoms with Gasteiger partial charge in [-0.05, 0) is 38.5 Å². The molecule has 0 saturated heterocycles. The van der Waals surface area contributed by atoms with Crippen LogP contribution in [0.5, 0.6) is 11.8 Å². The summed E-state index contributed by atoms with van der Waals surface area (Å²) >= 11 is 0. The molecule has 2 heterocycles. The van der Waals surface area contributed by atoms with Crippen LogP contribution >= 0.6 is 0 Å². The Labute approximate surface area is 112 Å². The molecule has 0 spiro atoms. The molecule has 19 heavy (non-hydrogen) atoms. The molecule has 5 nitrogen and oxygen atoms in total. The van der Waals surface area contributed by atoms with Crippen LogP contribution in [0.25, 0.3) is 0 Å². The van der Waals surface area contributed by atoms with Gasteiger partial charge in [-0.2, -0.15) is 4.98 Å². The molecule has 2 aromatic rings. The molecule has 100 valence electrons. The van der Waals surface area contributed by atoms with E-state index in [1.54, 1.807) is 0 Å². The molecule has 0 aliphatic heterocycles. The Hall–Kier alpha value is -2.01. The lowest BCUT2D eigenvalue weighted by Gasteiger charge is -2.09. The maximum Gasteiger partial charge on any atom is 0.322 e. The topological polar surface area (TPSA) is 73.9 Å². The normalized spacial score (nSPS) is 10.5. The lowest BCUT2D eigenvalue weighted by Crippen LogP contribution is -2.04. The van der Waals surface area contributed by atoms with E-state index in [4.69, 9.17) is 10.5 Å². The number of aromatic nitrogens is 3. The standard InChI is InChI=1S/C14H18N4O/c1-4-12-13(6-5-9(2)16-12)19-14-17-10(3)7-11(8-15)18-14/h5-7H,4,8,15H2,1-3H3. The number of hydrogen-bond acceptors (Lipinski definition) is 5. The zero-order valence-electron chi connectivity index (χ0n) is 11.5. The van der Waals surface area contributed by atoms with E-state index in [1.165, 1.54) is 0 Å². The largest absolute Gasteiger partial charge is 0.422 e. The van der Waals surface area contributed by atoms with E-state index in [-0.39, 0.29) is 0 Å². The Balaban J connectivity index is 2.33. The molecule has 0 saturated carbocycles. The third-order valence-electron chi connectivity index (χ3n) is 2.70. The SMILES string of the molecule is CCc1nc(C)ccc1Oc1nc(C)cc(CN)n1. The van der Waals surface area contributed by atoms with Crippen LogP contribution in [0.3, 0.4) is 0 Å². The summed E-state index contributed by atoms with van der Waals surface area (Å²) in [5, 5.41) is 0. The molecular weight excluding hydrogens is 240 g/mol. The summed E-state index contributed by atoms with van der Waals surface area (Å²) in [5.74, 6) is 0.696. The highest BCUT2D eigenvalue weighted by atomic mass is 16.5. The number of rotatable bonds is 4. The van der Waals surface area contributed by atoms with Gasteiger partial charge in [0.05, 0.1) is 11.4 Å². The molecule has 5 heteroatoms. The molecule has 0 aliphatic rings. The second-order valence-corrected chi connectivity index (χ2v) is 4.34. The Kier molecular flexibility index (Phi) is 4.06. The zero-order valence-corrected chi connectivity index (χ0v) is 11.5. The van der Waals surface area contributed by atoms with Gasteiger partial charge in [-0.25, -0.2) is 4.98 Å². The second-order valence-electron chi connectivity index (χ2n) is 4.34. The van der Waals surface area contributed by atoms with Crippen molar-refractivity contribution in [1.82, 2.24) is 15.0 Å². The summed E-state index contributed by atoms with van der Waals surface area (Å²) in [7, 11) is 0. The van der Waals surface area contributed by atoms with E-state index >= 15 is 0 Å². The van der Waals surface area contributed by atoms with E-state index in [9.17, 15) is 0 Å². The third kappa shape index (κ3) is 3.26. The Morgan fingerprint density at radius 3 is 2.58 bits per heavy atom. The lowest BCUT2D eigenvalue weighted by atomic mass is 10.2. The number of hydrogen-bond donors (Lipinski definition) is 1. The molecule has 0 atom stereocenters. The van der Waals surface area contributed by atoms with Gasteiger partial charge in [0.25, 0.3) is 0 Å². The fourth-order valence-electron chi connectivity index (χ4n) is 1.80. The molecule has 0 fully saturated rings. The van der Waals surface area contributed by atoms with Gasteiger partial charge < -0.3 is 10.5 Å². The first-order valence-electron chi connectivity index (χ1n) is 6.31. The molecule has 0 unspecified atom stereocenters. The quantitative estimate of drug-likeness (QED) is 0.910. The van der Waals surface area contributed by atoms with Gasteiger partial charge in [-0.15, -0.1) is 0 Å². The van der Waals surface area contributed by atoms with Crippen LogP contribution in [-0.4, -0.2) is 15.0 Å². The van der Waals surface area contributed by atoms with E-state index in [1.807, 2.05) is 39.0 Å². The van der Waals surface area contributed by atoms with Gasteiger partial charge >= 0.3 is 6.01 Å². The summed E-state index contributed by atoms with van der Waals surface area (Å²) < 4.78 is 5.74. The maximum atomic E-state index is 5.74. The van der Waals surface area contributed by atoms with Gasteiger partial charge in [0, 0.05) is 17.9 Å². The van der Waals surface area contributed by atoms with Gasteiger partial charge in [0.15, 0.2) is 5.75 Å². The van der Waals surface area contributed by atoms with Crippen LogP contribution in [0, 0.1) is 13.8 Å². The number of aryl methyl sites for hydroxylation is 3. The van der Waals surface area contributed by atoms with Gasteiger partial charge in [0.1, 0.15) is 0 Å². The molecule has 2 aromatic heterocycles. The molecule has 2 rings (SSSR count). The van der Waals surface area contributed by atoms with Crippen LogP contribution in [0.4, 0.5) is 0 Å². The number of nitrogens with two attached hydrogens (primary N) is 1. The number of ether oxygens (including phenoxy) is 1. The van der Waals surface area contributed by atoms with E-state index in [0.717, 1.165) is 29.2 Å². The van der Waals surface area contributed by atoms with Crippen molar-refractivity contribution in [2.24, 2.45) is 5.73 Å². The monoisotopic (exact) mass is 258 g/mol. The number of pyridine rings is 1. The highest BCUT2D eigenvalue weighted by Crippen LogP contribution is 2.22. The van der Waals surface area contributed by atoms with Crippen LogP contribution in [0.15, 0.2) is 18.2 Å². The van der Waals surface area contributed by atoms with Crippen LogP contribution < -0.4 is 10.5 Å².